The lowest BCUT2D eigenvalue weighted by Crippen LogP contribution is -2.04. The highest BCUT2D eigenvalue weighted by Crippen LogP contribution is 2.26. The van der Waals surface area contributed by atoms with Crippen LogP contribution in [-0.4, -0.2) is 21.9 Å². The van der Waals surface area contributed by atoms with Crippen molar-refractivity contribution < 1.29 is 21.9 Å². The van der Waals surface area contributed by atoms with E-state index >= 15 is 0 Å². The molecule has 1 N–H and O–H groups in total. The SMILES string of the molecule is O=S(=O)(c1ccccc1)c1ccc(S(=O)(=O)c2ccc(O)cc2)cc1. The van der Waals surface area contributed by atoms with Crippen molar-refractivity contribution in [3.05, 3.63) is 78.9 Å². The molecule has 0 atom stereocenters. The van der Waals surface area contributed by atoms with E-state index in [-0.39, 0.29) is 25.3 Å². The third-order valence-corrected chi connectivity index (χ3v) is 7.22. The van der Waals surface area contributed by atoms with Gasteiger partial charge in [-0.15, -0.1) is 0 Å². The molecule has 5 nitrogen and oxygen atoms in total. The van der Waals surface area contributed by atoms with Crippen LogP contribution in [0.4, 0.5) is 0 Å². The van der Waals surface area contributed by atoms with Crippen molar-refractivity contribution in [1.29, 1.82) is 0 Å². The molecule has 0 fully saturated rings. The number of phenols is 1. The predicted octanol–water partition coefficient (Wildman–Crippen LogP) is 3.06. The van der Waals surface area contributed by atoms with Gasteiger partial charge in [-0.25, -0.2) is 16.8 Å². The Labute approximate surface area is 146 Å². The van der Waals surface area contributed by atoms with Crippen LogP contribution in [0.1, 0.15) is 0 Å². The molecule has 0 saturated carbocycles. The van der Waals surface area contributed by atoms with Gasteiger partial charge in [0.05, 0.1) is 19.6 Å². The van der Waals surface area contributed by atoms with Gasteiger partial charge in [-0.3, -0.25) is 0 Å². The van der Waals surface area contributed by atoms with Crippen molar-refractivity contribution in [2.75, 3.05) is 0 Å². The topological polar surface area (TPSA) is 88.5 Å². The molecule has 0 aromatic heterocycles. The molecule has 0 aliphatic rings. The molecule has 25 heavy (non-hydrogen) atoms. The Balaban J connectivity index is 1.99. The number of hydrogen-bond acceptors (Lipinski definition) is 5. The fourth-order valence-electron chi connectivity index (χ4n) is 2.30. The van der Waals surface area contributed by atoms with Gasteiger partial charge in [0.2, 0.25) is 19.7 Å². The van der Waals surface area contributed by atoms with Crippen molar-refractivity contribution in [2.24, 2.45) is 0 Å². The molecule has 0 spiro atoms. The average molecular weight is 374 g/mol. The van der Waals surface area contributed by atoms with Gasteiger partial charge in [0, 0.05) is 0 Å². The van der Waals surface area contributed by atoms with Crippen LogP contribution in [0.3, 0.4) is 0 Å². The van der Waals surface area contributed by atoms with Gasteiger partial charge in [0.1, 0.15) is 5.75 Å². The van der Waals surface area contributed by atoms with Crippen LogP contribution >= 0.6 is 0 Å². The maximum Gasteiger partial charge on any atom is 0.206 e. The molecule has 128 valence electrons. The van der Waals surface area contributed by atoms with Crippen LogP contribution in [0.15, 0.2) is 98.4 Å². The van der Waals surface area contributed by atoms with Crippen LogP contribution in [0.25, 0.3) is 0 Å². The Morgan fingerprint density at radius 3 is 1.20 bits per heavy atom. The predicted molar refractivity (Wildman–Crippen MR) is 91.9 cm³/mol. The zero-order chi connectivity index (χ0) is 18.1. The van der Waals surface area contributed by atoms with Gasteiger partial charge in [-0.2, -0.15) is 0 Å². The van der Waals surface area contributed by atoms with E-state index < -0.39 is 19.7 Å². The third-order valence-electron chi connectivity index (χ3n) is 3.64. The minimum atomic E-state index is -3.79. The highest BCUT2D eigenvalue weighted by Gasteiger charge is 2.21. The van der Waals surface area contributed by atoms with Crippen LogP contribution in [0.2, 0.25) is 0 Å². The Hall–Kier alpha value is -2.64. The van der Waals surface area contributed by atoms with Crippen LogP contribution in [0, 0.1) is 0 Å². The van der Waals surface area contributed by atoms with Crippen molar-refractivity contribution in [3.63, 3.8) is 0 Å². The Bertz CT molecular complexity index is 1080. The fourth-order valence-corrected chi connectivity index (χ4v) is 4.84. The highest BCUT2D eigenvalue weighted by molar-refractivity contribution is 7.92. The smallest absolute Gasteiger partial charge is 0.206 e. The molecule has 0 amide bonds. The third kappa shape index (κ3) is 3.29. The first-order valence-electron chi connectivity index (χ1n) is 7.26. The summed E-state index contributed by atoms with van der Waals surface area (Å²) in [5, 5.41) is 9.27. The summed E-state index contributed by atoms with van der Waals surface area (Å²) >= 11 is 0. The van der Waals surface area contributed by atoms with Gasteiger partial charge >= 0.3 is 0 Å². The van der Waals surface area contributed by atoms with Gasteiger partial charge in [0.15, 0.2) is 0 Å². The highest BCUT2D eigenvalue weighted by atomic mass is 32.2. The molecule has 0 heterocycles. The summed E-state index contributed by atoms with van der Waals surface area (Å²) in [6.45, 7) is 0. The molecular weight excluding hydrogens is 360 g/mol. The summed E-state index contributed by atoms with van der Waals surface area (Å²) in [5.74, 6) is -0.0387. The number of benzene rings is 3. The van der Waals surface area contributed by atoms with Gasteiger partial charge in [0.25, 0.3) is 0 Å². The maximum atomic E-state index is 12.5. The molecule has 0 saturated heterocycles. The molecule has 3 aromatic rings. The minimum Gasteiger partial charge on any atom is -0.508 e. The second-order valence-corrected chi connectivity index (χ2v) is 9.18. The quantitative estimate of drug-likeness (QED) is 0.758. The zero-order valence-corrected chi connectivity index (χ0v) is 14.5. The van der Waals surface area contributed by atoms with Crippen molar-refractivity contribution in [2.45, 2.75) is 19.6 Å². The van der Waals surface area contributed by atoms with E-state index in [9.17, 15) is 21.9 Å². The van der Waals surface area contributed by atoms with Crippen molar-refractivity contribution in [3.8, 4) is 5.75 Å². The molecule has 7 heteroatoms. The van der Waals surface area contributed by atoms with E-state index in [2.05, 4.69) is 0 Å². The number of phenolic OH excluding ortho intramolecular Hbond substituents is 1. The number of rotatable bonds is 4. The fraction of sp³-hybridized carbons (Fsp3) is 0. The summed E-state index contributed by atoms with van der Waals surface area (Å²) in [5.41, 5.74) is 0. The molecular formula is C18H14O5S2. The van der Waals surface area contributed by atoms with E-state index in [1.165, 1.54) is 60.7 Å². The van der Waals surface area contributed by atoms with E-state index in [0.717, 1.165) is 0 Å². The molecule has 0 unspecified atom stereocenters. The summed E-state index contributed by atoms with van der Waals surface area (Å²) in [7, 11) is -7.49. The summed E-state index contributed by atoms with van der Waals surface area (Å²) < 4.78 is 50.1. The van der Waals surface area contributed by atoms with Gasteiger partial charge in [-0.1, -0.05) is 18.2 Å². The van der Waals surface area contributed by atoms with Crippen molar-refractivity contribution in [1.82, 2.24) is 0 Å². The van der Waals surface area contributed by atoms with Crippen LogP contribution in [-0.2, 0) is 19.7 Å². The molecule has 0 bridgehead atoms. The zero-order valence-electron chi connectivity index (χ0n) is 12.9. The second-order valence-electron chi connectivity index (χ2n) is 5.29. The van der Waals surface area contributed by atoms with Crippen LogP contribution < -0.4 is 0 Å². The first-order chi connectivity index (χ1) is 11.8. The van der Waals surface area contributed by atoms with Gasteiger partial charge in [-0.05, 0) is 60.7 Å². The Kier molecular flexibility index (Phi) is 4.36. The van der Waals surface area contributed by atoms with Gasteiger partial charge < -0.3 is 5.11 Å². The number of hydrogen-bond donors (Lipinski definition) is 1. The minimum absolute atomic E-state index is 0.0170. The number of aromatic hydroxyl groups is 1. The monoisotopic (exact) mass is 374 g/mol. The molecule has 3 rings (SSSR count). The van der Waals surface area contributed by atoms with E-state index in [0.29, 0.717) is 0 Å². The summed E-state index contributed by atoms with van der Waals surface area (Å²) in [4.78, 5) is 0.154. The first kappa shape index (κ1) is 17.2. The Morgan fingerprint density at radius 1 is 0.480 bits per heavy atom. The first-order valence-corrected chi connectivity index (χ1v) is 10.2. The number of sulfone groups is 2. The standard InChI is InChI=1S/C18H14O5S2/c19-14-6-8-16(9-7-14)25(22,23)18-12-10-17(11-13-18)24(20,21)15-4-2-1-3-5-15/h1-13,19H. The average Bonchev–Trinajstić information content (AvgIpc) is 2.63. The lowest BCUT2D eigenvalue weighted by molar-refractivity contribution is 0.475. The van der Waals surface area contributed by atoms with E-state index in [4.69, 9.17) is 0 Å². The van der Waals surface area contributed by atoms with E-state index in [1.54, 1.807) is 18.2 Å². The van der Waals surface area contributed by atoms with Crippen LogP contribution in [0.5, 0.6) is 5.75 Å². The molecule has 0 aliphatic carbocycles. The Morgan fingerprint density at radius 2 is 0.800 bits per heavy atom. The maximum absolute atomic E-state index is 12.5. The molecule has 0 radical (unpaired) electrons. The second kappa shape index (κ2) is 6.34. The summed E-state index contributed by atoms with van der Waals surface area (Å²) in [6.07, 6.45) is 0. The van der Waals surface area contributed by atoms with E-state index in [1.807, 2.05) is 0 Å². The molecule has 3 aromatic carbocycles. The van der Waals surface area contributed by atoms with Crippen molar-refractivity contribution >= 4 is 19.7 Å². The normalized spacial score (nSPS) is 12.0. The molecule has 0 aliphatic heterocycles. The summed E-state index contributed by atoms with van der Waals surface area (Å²) in [6, 6.07) is 18.1. The lowest BCUT2D eigenvalue weighted by Gasteiger charge is -2.07. The largest absolute Gasteiger partial charge is 0.508 e. The lowest BCUT2D eigenvalue weighted by atomic mass is 10.3.